The van der Waals surface area contributed by atoms with Crippen molar-refractivity contribution >= 4 is 23.2 Å². The van der Waals surface area contributed by atoms with Crippen LogP contribution in [0.1, 0.15) is 37.5 Å². The third-order valence-electron chi connectivity index (χ3n) is 5.85. The molecule has 1 aliphatic heterocycles. The SMILES string of the molecule is CC1=CC(C)(C)N(C)c2cc(F)c(C=Nc3ccc(Oc4ccccc4C)cc3)cc21. The van der Waals surface area contributed by atoms with Crippen molar-refractivity contribution in [2.75, 3.05) is 11.9 Å². The molecule has 0 atom stereocenters. The van der Waals surface area contributed by atoms with Crippen molar-refractivity contribution in [1.29, 1.82) is 0 Å². The second-order valence-corrected chi connectivity index (χ2v) is 8.55. The van der Waals surface area contributed by atoms with Gasteiger partial charge in [-0.2, -0.15) is 0 Å². The zero-order valence-electron chi connectivity index (χ0n) is 18.6. The lowest BCUT2D eigenvalue weighted by Crippen LogP contribution is -2.42. The molecule has 0 saturated heterocycles. The van der Waals surface area contributed by atoms with Crippen LogP contribution in [0.3, 0.4) is 0 Å². The minimum Gasteiger partial charge on any atom is -0.457 e. The smallest absolute Gasteiger partial charge is 0.134 e. The van der Waals surface area contributed by atoms with Gasteiger partial charge in [-0.1, -0.05) is 24.3 Å². The van der Waals surface area contributed by atoms with Crippen molar-refractivity contribution in [1.82, 2.24) is 0 Å². The van der Waals surface area contributed by atoms with E-state index < -0.39 is 0 Å². The molecule has 3 nitrogen and oxygen atoms in total. The van der Waals surface area contributed by atoms with Crippen molar-refractivity contribution < 1.29 is 9.13 Å². The maximum Gasteiger partial charge on any atom is 0.134 e. The van der Waals surface area contributed by atoms with Gasteiger partial charge in [0.05, 0.1) is 11.2 Å². The lowest BCUT2D eigenvalue weighted by Gasteiger charge is -2.40. The van der Waals surface area contributed by atoms with Gasteiger partial charge < -0.3 is 9.64 Å². The topological polar surface area (TPSA) is 24.8 Å². The predicted molar refractivity (Wildman–Crippen MR) is 127 cm³/mol. The fourth-order valence-corrected chi connectivity index (χ4v) is 3.83. The van der Waals surface area contributed by atoms with Gasteiger partial charge in [0.25, 0.3) is 0 Å². The van der Waals surface area contributed by atoms with E-state index in [9.17, 15) is 4.39 Å². The fourth-order valence-electron chi connectivity index (χ4n) is 3.83. The van der Waals surface area contributed by atoms with Crippen molar-refractivity contribution in [3.63, 3.8) is 0 Å². The molecule has 0 amide bonds. The number of likely N-dealkylation sites (N-methyl/N-ethyl adjacent to an activating group) is 1. The number of rotatable bonds is 4. The Bertz CT molecular complexity index is 1180. The van der Waals surface area contributed by atoms with Gasteiger partial charge in [-0.05, 0) is 81.3 Å². The molecule has 0 N–H and O–H groups in total. The van der Waals surface area contributed by atoms with Gasteiger partial charge in [-0.15, -0.1) is 0 Å². The van der Waals surface area contributed by atoms with E-state index in [1.54, 1.807) is 12.3 Å². The molecule has 0 aliphatic carbocycles. The molecular formula is C27H27FN2O. The van der Waals surface area contributed by atoms with Gasteiger partial charge in [0.15, 0.2) is 0 Å². The van der Waals surface area contributed by atoms with Crippen LogP contribution in [-0.2, 0) is 0 Å². The molecule has 1 aliphatic rings. The minimum absolute atomic E-state index is 0.152. The number of hydrogen-bond acceptors (Lipinski definition) is 3. The number of anilines is 1. The Morgan fingerprint density at radius 3 is 2.42 bits per heavy atom. The van der Waals surface area contributed by atoms with E-state index in [-0.39, 0.29) is 11.4 Å². The Hall–Kier alpha value is -3.40. The summed E-state index contributed by atoms with van der Waals surface area (Å²) in [7, 11) is 2.00. The number of aliphatic imine (C=N–C) groups is 1. The molecule has 1 heterocycles. The Labute approximate surface area is 183 Å². The third-order valence-corrected chi connectivity index (χ3v) is 5.85. The molecule has 4 heteroatoms. The zero-order valence-corrected chi connectivity index (χ0v) is 18.6. The lowest BCUT2D eigenvalue weighted by atomic mass is 9.88. The summed E-state index contributed by atoms with van der Waals surface area (Å²) >= 11 is 0. The monoisotopic (exact) mass is 414 g/mol. The summed E-state index contributed by atoms with van der Waals surface area (Å²) in [5.74, 6) is 1.28. The van der Waals surface area contributed by atoms with Gasteiger partial charge in [0.2, 0.25) is 0 Å². The molecule has 0 aromatic heterocycles. The lowest BCUT2D eigenvalue weighted by molar-refractivity contribution is 0.479. The highest BCUT2D eigenvalue weighted by Crippen LogP contribution is 2.39. The number of allylic oxidation sites excluding steroid dienone is 1. The number of fused-ring (bicyclic) bond motifs is 1. The Balaban J connectivity index is 1.55. The average Bonchev–Trinajstić information content (AvgIpc) is 2.73. The van der Waals surface area contributed by atoms with E-state index in [1.807, 2.05) is 68.6 Å². The second kappa shape index (κ2) is 8.03. The van der Waals surface area contributed by atoms with Crippen molar-refractivity contribution in [2.45, 2.75) is 33.2 Å². The molecule has 0 bridgehead atoms. The quantitative estimate of drug-likeness (QED) is 0.418. The highest BCUT2D eigenvalue weighted by atomic mass is 19.1. The van der Waals surface area contributed by atoms with Crippen LogP contribution >= 0.6 is 0 Å². The number of aryl methyl sites for hydroxylation is 1. The predicted octanol–water partition coefficient (Wildman–Crippen LogP) is 7.31. The number of hydrogen-bond donors (Lipinski definition) is 0. The standard InChI is InChI=1S/C27H27FN2O/c1-18-8-6-7-9-26(18)31-22-12-10-21(11-13-22)29-17-20-14-23-19(2)16-27(3,4)30(5)25(23)15-24(20)28/h6-17H,1-5H3. The molecule has 0 radical (unpaired) electrons. The summed E-state index contributed by atoms with van der Waals surface area (Å²) in [6, 6.07) is 18.8. The highest BCUT2D eigenvalue weighted by Gasteiger charge is 2.29. The third kappa shape index (κ3) is 4.24. The maximum atomic E-state index is 14.8. The van der Waals surface area contributed by atoms with Gasteiger partial charge >= 0.3 is 0 Å². The summed E-state index contributed by atoms with van der Waals surface area (Å²) in [4.78, 5) is 6.57. The van der Waals surface area contributed by atoms with Crippen LogP contribution in [0.15, 0.2) is 71.7 Å². The van der Waals surface area contributed by atoms with E-state index in [2.05, 4.69) is 36.7 Å². The Kier molecular flexibility index (Phi) is 5.40. The summed E-state index contributed by atoms with van der Waals surface area (Å²) in [6.45, 7) is 8.33. The first-order valence-corrected chi connectivity index (χ1v) is 10.4. The van der Waals surface area contributed by atoms with E-state index in [0.717, 1.165) is 39.6 Å². The Morgan fingerprint density at radius 2 is 1.71 bits per heavy atom. The first kappa shape index (κ1) is 20.9. The molecule has 31 heavy (non-hydrogen) atoms. The van der Waals surface area contributed by atoms with Crippen molar-refractivity contribution in [3.05, 3.63) is 89.2 Å². The van der Waals surface area contributed by atoms with Gasteiger partial charge in [0.1, 0.15) is 17.3 Å². The molecule has 3 aromatic carbocycles. The molecule has 4 rings (SSSR count). The van der Waals surface area contributed by atoms with Crippen LogP contribution in [0.5, 0.6) is 11.5 Å². The fraction of sp³-hybridized carbons (Fsp3) is 0.222. The highest BCUT2D eigenvalue weighted by molar-refractivity contribution is 5.89. The summed E-state index contributed by atoms with van der Waals surface area (Å²) in [6.07, 6.45) is 3.79. The molecule has 158 valence electrons. The molecule has 3 aromatic rings. The maximum absolute atomic E-state index is 14.8. The number of nitrogens with zero attached hydrogens (tertiary/aromatic N) is 2. The summed E-state index contributed by atoms with van der Waals surface area (Å²) in [5, 5.41) is 0. The van der Waals surface area contributed by atoms with E-state index >= 15 is 0 Å². The second-order valence-electron chi connectivity index (χ2n) is 8.55. The molecular weight excluding hydrogens is 387 g/mol. The van der Waals surface area contributed by atoms with Crippen LogP contribution in [-0.4, -0.2) is 18.8 Å². The zero-order chi connectivity index (χ0) is 22.2. The van der Waals surface area contributed by atoms with E-state index in [1.165, 1.54) is 0 Å². The number of halogens is 1. The van der Waals surface area contributed by atoms with Crippen LogP contribution in [0.4, 0.5) is 15.8 Å². The van der Waals surface area contributed by atoms with Crippen LogP contribution in [0.2, 0.25) is 0 Å². The van der Waals surface area contributed by atoms with E-state index in [0.29, 0.717) is 5.56 Å². The largest absolute Gasteiger partial charge is 0.457 e. The van der Waals surface area contributed by atoms with Crippen molar-refractivity contribution in [2.24, 2.45) is 4.99 Å². The molecule has 0 saturated carbocycles. The van der Waals surface area contributed by atoms with Gasteiger partial charge in [-0.25, -0.2) is 4.39 Å². The van der Waals surface area contributed by atoms with Gasteiger partial charge in [0, 0.05) is 30.1 Å². The van der Waals surface area contributed by atoms with Crippen LogP contribution in [0.25, 0.3) is 5.57 Å². The molecule has 0 unspecified atom stereocenters. The van der Waals surface area contributed by atoms with E-state index in [4.69, 9.17) is 4.74 Å². The first-order valence-electron chi connectivity index (χ1n) is 10.4. The summed E-state index contributed by atoms with van der Waals surface area (Å²) in [5.41, 5.74) is 5.21. The van der Waals surface area contributed by atoms with Crippen molar-refractivity contribution in [3.8, 4) is 11.5 Å². The number of para-hydroxylation sites is 1. The first-order chi connectivity index (χ1) is 14.7. The summed E-state index contributed by atoms with van der Waals surface area (Å²) < 4.78 is 20.7. The van der Waals surface area contributed by atoms with Crippen LogP contribution < -0.4 is 9.64 Å². The number of ether oxygens (including phenoxy) is 1. The Morgan fingerprint density at radius 1 is 1.00 bits per heavy atom. The minimum atomic E-state index is -0.278. The number of benzene rings is 3. The molecule has 0 spiro atoms. The normalized spacial score (nSPS) is 15.0. The average molecular weight is 415 g/mol. The molecule has 0 fully saturated rings. The van der Waals surface area contributed by atoms with Gasteiger partial charge in [-0.3, -0.25) is 4.99 Å². The van der Waals surface area contributed by atoms with Crippen LogP contribution in [0, 0.1) is 12.7 Å².